The molecular weight excluding hydrogens is 544 g/mol. The van der Waals surface area contributed by atoms with Gasteiger partial charge >= 0.3 is 0 Å². The van der Waals surface area contributed by atoms with Gasteiger partial charge in [0.1, 0.15) is 24.4 Å². The van der Waals surface area contributed by atoms with Crippen LogP contribution in [0.15, 0.2) is 18.2 Å². The van der Waals surface area contributed by atoms with Gasteiger partial charge < -0.3 is 64.2 Å². The van der Waals surface area contributed by atoms with Crippen molar-refractivity contribution in [2.24, 2.45) is 11.8 Å². The van der Waals surface area contributed by atoms with Gasteiger partial charge in [0.25, 0.3) is 0 Å². The van der Waals surface area contributed by atoms with Crippen LogP contribution in [-0.2, 0) is 15.9 Å². The molecule has 0 unspecified atom stereocenters. The van der Waals surface area contributed by atoms with Crippen molar-refractivity contribution < 1.29 is 64.2 Å². The molecule has 1 aliphatic carbocycles. The van der Waals surface area contributed by atoms with Crippen LogP contribution >= 0.6 is 0 Å². The highest BCUT2D eigenvalue weighted by atomic mass is 16.7. The minimum absolute atomic E-state index is 0.0677. The Morgan fingerprint density at radius 3 is 1.93 bits per heavy atom. The van der Waals surface area contributed by atoms with Crippen molar-refractivity contribution in [3.8, 4) is 34.5 Å². The summed E-state index contributed by atoms with van der Waals surface area (Å²) in [7, 11) is 5.61. The number of aliphatic hydroxyl groups excluding tert-OH is 5. The third-order valence-electron chi connectivity index (χ3n) is 7.99. The molecule has 2 aromatic carbocycles. The molecule has 13 heteroatoms. The Bertz CT molecular complexity index is 1180. The summed E-state index contributed by atoms with van der Waals surface area (Å²) in [6.45, 7) is -1.01. The molecule has 8 atom stereocenters. The highest BCUT2D eigenvalue weighted by Crippen LogP contribution is 2.54. The first-order chi connectivity index (χ1) is 19.6. The molecule has 4 rings (SSSR count). The number of benzene rings is 2. The van der Waals surface area contributed by atoms with Crippen molar-refractivity contribution in [1.82, 2.24) is 0 Å². The molecule has 1 heterocycles. The summed E-state index contributed by atoms with van der Waals surface area (Å²) >= 11 is 0. The second-order valence-electron chi connectivity index (χ2n) is 10.1. The van der Waals surface area contributed by atoms with Crippen LogP contribution in [0.3, 0.4) is 0 Å². The first kappa shape index (κ1) is 30.9. The van der Waals surface area contributed by atoms with Crippen LogP contribution in [0, 0.1) is 11.8 Å². The third-order valence-corrected chi connectivity index (χ3v) is 7.99. The lowest BCUT2D eigenvalue weighted by Crippen LogP contribution is -2.59. The van der Waals surface area contributed by atoms with Crippen molar-refractivity contribution >= 4 is 0 Å². The average Bonchev–Trinajstić information content (AvgIpc) is 2.98. The van der Waals surface area contributed by atoms with Gasteiger partial charge in [-0.1, -0.05) is 0 Å². The van der Waals surface area contributed by atoms with E-state index < -0.39 is 55.1 Å². The Hall–Kier alpha value is -3.04. The Labute approximate surface area is 237 Å². The fourth-order valence-corrected chi connectivity index (χ4v) is 5.85. The van der Waals surface area contributed by atoms with E-state index in [0.717, 1.165) is 5.56 Å². The van der Waals surface area contributed by atoms with E-state index in [4.69, 9.17) is 28.4 Å². The van der Waals surface area contributed by atoms with Crippen LogP contribution in [-0.4, -0.2) is 115 Å². The predicted molar refractivity (Wildman–Crippen MR) is 142 cm³/mol. The first-order valence-corrected chi connectivity index (χ1v) is 13.1. The van der Waals surface area contributed by atoms with Gasteiger partial charge in [-0.05, 0) is 47.6 Å². The summed E-state index contributed by atoms with van der Waals surface area (Å²) in [6, 6.07) is 4.89. The number of aromatic hydroxyl groups is 2. The minimum atomic E-state index is -1.60. The summed E-state index contributed by atoms with van der Waals surface area (Å²) in [5, 5.41) is 72.5. The quantitative estimate of drug-likeness (QED) is 0.196. The zero-order chi connectivity index (χ0) is 30.0. The fourth-order valence-electron chi connectivity index (χ4n) is 5.85. The lowest BCUT2D eigenvalue weighted by molar-refractivity contribution is -0.304. The smallest absolute Gasteiger partial charge is 0.201 e. The van der Waals surface area contributed by atoms with Crippen LogP contribution in [0.5, 0.6) is 34.5 Å². The number of phenols is 2. The van der Waals surface area contributed by atoms with Gasteiger partial charge in [0.05, 0.1) is 41.7 Å². The van der Waals surface area contributed by atoms with Gasteiger partial charge in [-0.15, -0.1) is 0 Å². The molecule has 0 saturated carbocycles. The lowest BCUT2D eigenvalue weighted by Gasteiger charge is -2.42. The van der Waals surface area contributed by atoms with Gasteiger partial charge in [0, 0.05) is 18.1 Å². The molecule has 1 saturated heterocycles. The number of rotatable bonds is 10. The summed E-state index contributed by atoms with van der Waals surface area (Å²) in [6.07, 6.45) is -6.89. The normalized spacial score (nSPS) is 29.5. The second-order valence-corrected chi connectivity index (χ2v) is 10.1. The van der Waals surface area contributed by atoms with Crippen molar-refractivity contribution in [2.75, 3.05) is 48.3 Å². The summed E-state index contributed by atoms with van der Waals surface area (Å²) in [5.74, 6) is -1.45. The van der Waals surface area contributed by atoms with Crippen LogP contribution in [0.2, 0.25) is 0 Å². The molecule has 7 N–H and O–H groups in total. The minimum Gasteiger partial charge on any atom is -0.502 e. The van der Waals surface area contributed by atoms with Crippen LogP contribution < -0.4 is 18.9 Å². The van der Waals surface area contributed by atoms with E-state index in [-0.39, 0.29) is 47.7 Å². The number of ether oxygens (including phenoxy) is 6. The monoisotopic (exact) mass is 582 g/mol. The van der Waals surface area contributed by atoms with Crippen LogP contribution in [0.4, 0.5) is 0 Å². The summed E-state index contributed by atoms with van der Waals surface area (Å²) in [4.78, 5) is 0. The summed E-state index contributed by atoms with van der Waals surface area (Å²) < 4.78 is 33.2. The van der Waals surface area contributed by atoms with Crippen molar-refractivity contribution in [2.45, 2.75) is 43.0 Å². The molecule has 0 aromatic heterocycles. The zero-order valence-corrected chi connectivity index (χ0v) is 23.3. The highest BCUT2D eigenvalue weighted by Gasteiger charge is 2.46. The maximum absolute atomic E-state index is 10.9. The molecule has 0 radical (unpaired) electrons. The molecule has 1 fully saturated rings. The average molecular weight is 583 g/mol. The van der Waals surface area contributed by atoms with Crippen molar-refractivity contribution in [3.05, 3.63) is 34.9 Å². The second kappa shape index (κ2) is 12.9. The largest absolute Gasteiger partial charge is 0.502 e. The molecule has 0 bridgehead atoms. The maximum atomic E-state index is 10.9. The highest BCUT2D eigenvalue weighted by molar-refractivity contribution is 5.64. The lowest BCUT2D eigenvalue weighted by atomic mass is 9.66. The van der Waals surface area contributed by atoms with E-state index in [1.54, 1.807) is 18.2 Å². The Morgan fingerprint density at radius 2 is 1.39 bits per heavy atom. The van der Waals surface area contributed by atoms with Crippen molar-refractivity contribution in [3.63, 3.8) is 0 Å². The third kappa shape index (κ3) is 5.58. The Balaban J connectivity index is 1.80. The fraction of sp³-hybridized carbons (Fsp3) is 0.571. The Kier molecular flexibility index (Phi) is 9.70. The Morgan fingerprint density at radius 1 is 0.780 bits per heavy atom. The molecule has 2 aliphatic rings. The topological polar surface area (TPSA) is 197 Å². The molecule has 0 amide bonds. The molecular formula is C28H38O13. The van der Waals surface area contributed by atoms with Gasteiger partial charge in [0.15, 0.2) is 29.3 Å². The SMILES string of the molecule is COc1cc([C@@H]2c3c(cc(OC)c(O)c3OC)C[C@H](CO[C@H]3O[C@H](CO)[C@@H](O)[C@H](O)[C@H]3O)[C@@H]2CO)cc(OC)c1O. The van der Waals surface area contributed by atoms with Gasteiger partial charge in [-0.25, -0.2) is 0 Å². The number of phenolic OH excluding ortho intramolecular Hbond substituents is 2. The van der Waals surface area contributed by atoms with E-state index in [2.05, 4.69) is 0 Å². The van der Waals surface area contributed by atoms with E-state index in [0.29, 0.717) is 17.5 Å². The van der Waals surface area contributed by atoms with Gasteiger partial charge in [-0.2, -0.15) is 0 Å². The number of hydrogen-bond acceptors (Lipinski definition) is 13. The van der Waals surface area contributed by atoms with Crippen LogP contribution in [0.25, 0.3) is 0 Å². The van der Waals surface area contributed by atoms with Crippen LogP contribution in [0.1, 0.15) is 22.6 Å². The number of aliphatic hydroxyl groups is 5. The van der Waals surface area contributed by atoms with E-state index in [1.165, 1.54) is 28.4 Å². The molecule has 2 aromatic rings. The first-order valence-electron chi connectivity index (χ1n) is 13.1. The van der Waals surface area contributed by atoms with Gasteiger partial charge in [0.2, 0.25) is 11.5 Å². The maximum Gasteiger partial charge on any atom is 0.201 e. The molecule has 13 nitrogen and oxygen atoms in total. The van der Waals surface area contributed by atoms with Crippen molar-refractivity contribution in [1.29, 1.82) is 0 Å². The molecule has 1 aliphatic heterocycles. The summed E-state index contributed by atoms with van der Waals surface area (Å²) in [5.41, 5.74) is 1.89. The van der Waals surface area contributed by atoms with Gasteiger partial charge in [-0.3, -0.25) is 0 Å². The number of methoxy groups -OCH3 is 4. The number of fused-ring (bicyclic) bond motifs is 1. The predicted octanol–water partition coefficient (Wildman–Crippen LogP) is -0.139. The molecule has 228 valence electrons. The van der Waals surface area contributed by atoms with E-state index >= 15 is 0 Å². The molecule has 41 heavy (non-hydrogen) atoms. The standard InChI is InChI=1S/C28H38O13/c1-36-16-7-13(8-17(37-2)22(16)31)20-15(9-29)14(5-12-6-18(38-3)24(33)27(39-4)21(12)20)11-40-28-26(35)25(34)23(32)19(10-30)41-28/h6-8,14-15,19-20,23,25-26,28-35H,5,9-11H2,1-4H3/t14-,15+,19-,20+,23-,25+,26-,28+/m1/s1. The zero-order valence-electron chi connectivity index (χ0n) is 23.3. The molecule has 0 spiro atoms. The van der Waals surface area contributed by atoms with E-state index in [9.17, 15) is 35.7 Å². The van der Waals surface area contributed by atoms with E-state index in [1.807, 2.05) is 0 Å². The number of hydrogen-bond donors (Lipinski definition) is 7.